The quantitative estimate of drug-likeness (QED) is 0.685. The Morgan fingerprint density at radius 3 is 2.00 bits per heavy atom. The zero-order valence-corrected chi connectivity index (χ0v) is 11.5. The predicted octanol–water partition coefficient (Wildman–Crippen LogP) is 0.422. The largest absolute Gasteiger partial charge is 0.493 e. The zero-order valence-electron chi connectivity index (χ0n) is 11.5. The number of ether oxygens (including phenoxy) is 4. The van der Waals surface area contributed by atoms with E-state index in [2.05, 4.69) is 5.32 Å². The van der Waals surface area contributed by atoms with Crippen molar-refractivity contribution in [2.45, 2.75) is 6.54 Å². The van der Waals surface area contributed by atoms with Gasteiger partial charge in [0.1, 0.15) is 6.54 Å². The van der Waals surface area contributed by atoms with E-state index < -0.39 is 0 Å². The molecular weight excluding hydrogens is 234 g/mol. The molecule has 1 aromatic rings. The van der Waals surface area contributed by atoms with Gasteiger partial charge < -0.3 is 24.3 Å². The summed E-state index contributed by atoms with van der Waals surface area (Å²) in [6.45, 7) is 2.51. The summed E-state index contributed by atoms with van der Waals surface area (Å²) in [4.78, 5) is 0. The minimum atomic E-state index is 0.626. The highest BCUT2D eigenvalue weighted by atomic mass is 16.5. The molecule has 5 nitrogen and oxygen atoms in total. The molecule has 2 N–H and O–H groups in total. The summed E-state index contributed by atoms with van der Waals surface area (Å²) in [5.41, 5.74) is 1.13. The fourth-order valence-corrected chi connectivity index (χ4v) is 1.72. The average Bonchev–Trinajstić information content (AvgIpc) is 2.42. The van der Waals surface area contributed by atoms with Gasteiger partial charge in [-0.15, -0.1) is 0 Å². The number of hydrogen-bond donors (Lipinski definition) is 1. The van der Waals surface area contributed by atoms with Crippen LogP contribution in [0, 0.1) is 0 Å². The van der Waals surface area contributed by atoms with Crippen LogP contribution in [0.1, 0.15) is 5.56 Å². The number of methoxy groups -OCH3 is 4. The Morgan fingerprint density at radius 1 is 0.944 bits per heavy atom. The molecule has 102 valence electrons. The van der Waals surface area contributed by atoms with Crippen LogP contribution in [-0.2, 0) is 11.3 Å². The molecule has 0 aliphatic carbocycles. The topological polar surface area (TPSA) is 53.5 Å². The molecule has 0 heterocycles. The van der Waals surface area contributed by atoms with Gasteiger partial charge in [-0.25, -0.2) is 0 Å². The molecule has 0 aliphatic rings. The van der Waals surface area contributed by atoms with Crippen molar-refractivity contribution >= 4 is 0 Å². The van der Waals surface area contributed by atoms with E-state index in [4.69, 9.17) is 18.9 Å². The van der Waals surface area contributed by atoms with Crippen LogP contribution in [0.15, 0.2) is 12.1 Å². The van der Waals surface area contributed by atoms with Crippen molar-refractivity contribution in [1.29, 1.82) is 0 Å². The van der Waals surface area contributed by atoms with Gasteiger partial charge >= 0.3 is 0 Å². The molecule has 1 aromatic carbocycles. The fraction of sp³-hybridized carbons (Fsp3) is 0.538. The highest BCUT2D eigenvalue weighted by Gasteiger charge is 2.13. The highest BCUT2D eigenvalue weighted by Crippen LogP contribution is 2.37. The van der Waals surface area contributed by atoms with Crippen LogP contribution in [0.25, 0.3) is 0 Å². The second-order valence-electron chi connectivity index (χ2n) is 3.81. The van der Waals surface area contributed by atoms with Crippen molar-refractivity contribution in [3.05, 3.63) is 17.7 Å². The minimum absolute atomic E-state index is 0.626. The maximum absolute atomic E-state index is 5.30. The Kier molecular flexibility index (Phi) is 6.32. The van der Waals surface area contributed by atoms with E-state index in [1.807, 2.05) is 12.1 Å². The van der Waals surface area contributed by atoms with Gasteiger partial charge in [0.05, 0.1) is 34.5 Å². The number of rotatable bonds is 8. The fourth-order valence-electron chi connectivity index (χ4n) is 1.72. The minimum Gasteiger partial charge on any atom is -0.493 e. The summed E-state index contributed by atoms with van der Waals surface area (Å²) in [6.07, 6.45) is 0. The van der Waals surface area contributed by atoms with Crippen LogP contribution < -0.4 is 19.5 Å². The Hall–Kier alpha value is -1.46. The zero-order chi connectivity index (χ0) is 13.4. The van der Waals surface area contributed by atoms with Crippen LogP contribution in [0.3, 0.4) is 0 Å². The van der Waals surface area contributed by atoms with E-state index >= 15 is 0 Å². The Morgan fingerprint density at radius 2 is 1.56 bits per heavy atom. The molecule has 5 heteroatoms. The van der Waals surface area contributed by atoms with Crippen LogP contribution in [-0.4, -0.2) is 41.6 Å². The SMILES string of the molecule is COCC[NH2+]Cc1cc(OC)c(OC)c(OC)c1. The van der Waals surface area contributed by atoms with E-state index in [0.717, 1.165) is 25.3 Å². The van der Waals surface area contributed by atoms with Gasteiger partial charge in [-0.1, -0.05) is 0 Å². The predicted molar refractivity (Wildman–Crippen MR) is 68.5 cm³/mol. The molecule has 0 bridgehead atoms. The van der Waals surface area contributed by atoms with Gasteiger partial charge in [-0.3, -0.25) is 0 Å². The molecule has 0 radical (unpaired) electrons. The molecule has 0 amide bonds. The van der Waals surface area contributed by atoms with Crippen molar-refractivity contribution in [3.8, 4) is 17.2 Å². The summed E-state index contributed by atoms with van der Waals surface area (Å²) < 4.78 is 20.9. The molecule has 0 aliphatic heterocycles. The third kappa shape index (κ3) is 3.78. The van der Waals surface area contributed by atoms with Gasteiger partial charge in [0.15, 0.2) is 11.5 Å². The molecule has 0 aromatic heterocycles. The van der Waals surface area contributed by atoms with Gasteiger partial charge in [-0.05, 0) is 12.1 Å². The van der Waals surface area contributed by atoms with E-state index in [1.165, 1.54) is 0 Å². The van der Waals surface area contributed by atoms with E-state index in [0.29, 0.717) is 17.2 Å². The van der Waals surface area contributed by atoms with Crippen molar-refractivity contribution in [1.82, 2.24) is 0 Å². The summed E-state index contributed by atoms with van der Waals surface area (Å²) in [5, 5.41) is 2.17. The molecule has 0 atom stereocenters. The number of nitrogens with two attached hydrogens (primary N) is 1. The molecule has 0 saturated heterocycles. The van der Waals surface area contributed by atoms with E-state index in [9.17, 15) is 0 Å². The third-order valence-corrected chi connectivity index (χ3v) is 2.63. The van der Waals surface area contributed by atoms with Crippen molar-refractivity contribution in [3.63, 3.8) is 0 Å². The maximum Gasteiger partial charge on any atom is 0.203 e. The van der Waals surface area contributed by atoms with E-state index in [-0.39, 0.29) is 0 Å². The first-order chi connectivity index (χ1) is 8.76. The first-order valence-electron chi connectivity index (χ1n) is 5.86. The van der Waals surface area contributed by atoms with Crippen LogP contribution >= 0.6 is 0 Å². The lowest BCUT2D eigenvalue weighted by molar-refractivity contribution is -0.671. The molecule has 0 spiro atoms. The molecule has 0 fully saturated rings. The molecule has 18 heavy (non-hydrogen) atoms. The Labute approximate surface area is 108 Å². The van der Waals surface area contributed by atoms with Crippen molar-refractivity contribution in [2.24, 2.45) is 0 Å². The first-order valence-corrected chi connectivity index (χ1v) is 5.86. The monoisotopic (exact) mass is 256 g/mol. The third-order valence-electron chi connectivity index (χ3n) is 2.63. The highest BCUT2D eigenvalue weighted by molar-refractivity contribution is 5.53. The molecule has 0 saturated carbocycles. The summed E-state index contributed by atoms with van der Waals surface area (Å²) in [5.74, 6) is 2.00. The number of hydrogen-bond acceptors (Lipinski definition) is 4. The van der Waals surface area contributed by atoms with Crippen LogP contribution in [0.2, 0.25) is 0 Å². The van der Waals surface area contributed by atoms with Crippen molar-refractivity contribution in [2.75, 3.05) is 41.6 Å². The number of benzene rings is 1. The van der Waals surface area contributed by atoms with Crippen LogP contribution in [0.5, 0.6) is 17.2 Å². The second kappa shape index (κ2) is 7.79. The maximum atomic E-state index is 5.30. The number of quaternary nitrogens is 1. The summed E-state index contributed by atoms with van der Waals surface area (Å²) in [6, 6.07) is 3.93. The second-order valence-corrected chi connectivity index (χ2v) is 3.81. The molecule has 1 rings (SSSR count). The summed E-state index contributed by atoms with van der Waals surface area (Å²) in [7, 11) is 6.55. The lowest BCUT2D eigenvalue weighted by Gasteiger charge is -2.13. The van der Waals surface area contributed by atoms with Gasteiger partial charge in [0.25, 0.3) is 0 Å². The van der Waals surface area contributed by atoms with Crippen molar-refractivity contribution < 1.29 is 24.3 Å². The van der Waals surface area contributed by atoms with Crippen LogP contribution in [0.4, 0.5) is 0 Å². The lowest BCUT2D eigenvalue weighted by atomic mass is 10.2. The first kappa shape index (κ1) is 14.6. The Balaban J connectivity index is 2.80. The van der Waals surface area contributed by atoms with Gasteiger partial charge in [-0.2, -0.15) is 0 Å². The summed E-state index contributed by atoms with van der Waals surface area (Å²) >= 11 is 0. The smallest absolute Gasteiger partial charge is 0.203 e. The average molecular weight is 256 g/mol. The van der Waals surface area contributed by atoms with Gasteiger partial charge in [0.2, 0.25) is 5.75 Å². The van der Waals surface area contributed by atoms with Gasteiger partial charge in [0, 0.05) is 12.7 Å². The normalized spacial score (nSPS) is 10.2. The molecule has 0 unspecified atom stereocenters. The Bertz CT molecular complexity index is 343. The van der Waals surface area contributed by atoms with E-state index in [1.54, 1.807) is 28.4 Å². The lowest BCUT2D eigenvalue weighted by Crippen LogP contribution is -2.83. The standard InChI is InChI=1S/C13H21NO4/c1-15-6-5-14-9-10-7-11(16-2)13(18-4)12(8-10)17-3/h7-8,14H,5-6,9H2,1-4H3/p+1. The molecular formula is C13H22NO4+.